The molecule has 0 bridgehead atoms. The maximum atomic E-state index is 12.4. The molecule has 1 amide bonds. The molecule has 0 aliphatic rings. The monoisotopic (exact) mass is 454 g/mol. The fourth-order valence-corrected chi connectivity index (χ4v) is 4.78. The van der Waals surface area contributed by atoms with Crippen molar-refractivity contribution in [2.45, 2.75) is 40.3 Å². The van der Waals surface area contributed by atoms with Gasteiger partial charge in [-0.2, -0.15) is 5.10 Å². The highest BCUT2D eigenvalue weighted by Crippen LogP contribution is 2.35. The minimum atomic E-state index is -0.498. The van der Waals surface area contributed by atoms with Crippen LogP contribution in [0, 0.1) is 6.92 Å². The van der Waals surface area contributed by atoms with Gasteiger partial charge in [0, 0.05) is 22.5 Å². The molecule has 6 nitrogen and oxygen atoms in total. The topological polar surface area (TPSA) is 69.0 Å². The maximum Gasteiger partial charge on any atom is 0.412 e. The van der Waals surface area contributed by atoms with Crippen LogP contribution in [0.15, 0.2) is 42.6 Å². The van der Waals surface area contributed by atoms with Crippen molar-refractivity contribution >= 4 is 44.9 Å². The predicted octanol–water partition coefficient (Wildman–Crippen LogP) is 6.45. The molecule has 31 heavy (non-hydrogen) atoms. The Balaban J connectivity index is 1.45. The van der Waals surface area contributed by atoms with Gasteiger partial charge in [0.1, 0.15) is 16.6 Å². The van der Waals surface area contributed by atoms with Crippen LogP contribution in [0.25, 0.3) is 21.5 Å². The lowest BCUT2D eigenvalue weighted by Crippen LogP contribution is -2.13. The fraction of sp³-hybridized carbons (Fsp3) is 0.261. The molecule has 2 aromatic carbocycles. The number of rotatable bonds is 6. The average Bonchev–Trinajstić information content (AvgIpc) is 3.35. The maximum absolute atomic E-state index is 12.4. The number of anilines is 1. The van der Waals surface area contributed by atoms with E-state index in [1.807, 2.05) is 61.1 Å². The number of nitrogens with zero attached hydrogens (tertiary/aromatic N) is 3. The van der Waals surface area contributed by atoms with Crippen LogP contribution < -0.4 is 5.32 Å². The van der Waals surface area contributed by atoms with E-state index in [1.54, 1.807) is 0 Å². The second kappa shape index (κ2) is 9.08. The standard InChI is InChI=1S/C23H23ClN4O2S/c1-4-19-22(31-21(26-19)18-8-7-17(24)10-14(18)3)27-23(29)30-13-15-6-9-20-16(11-15)12-25-28(20)5-2/h6-12H,4-5,13H2,1-3H3,(H,27,29). The summed E-state index contributed by atoms with van der Waals surface area (Å²) in [5, 5.41) is 10.5. The summed E-state index contributed by atoms with van der Waals surface area (Å²) >= 11 is 7.51. The number of aromatic nitrogens is 3. The number of halogens is 1. The highest BCUT2D eigenvalue weighted by molar-refractivity contribution is 7.19. The van der Waals surface area contributed by atoms with Crippen molar-refractivity contribution in [1.29, 1.82) is 0 Å². The zero-order chi connectivity index (χ0) is 22.0. The van der Waals surface area contributed by atoms with Gasteiger partial charge in [-0.05, 0) is 55.7 Å². The zero-order valence-corrected chi connectivity index (χ0v) is 19.2. The third-order valence-electron chi connectivity index (χ3n) is 5.04. The van der Waals surface area contributed by atoms with Crippen LogP contribution in [0.4, 0.5) is 9.80 Å². The Kier molecular flexibility index (Phi) is 6.25. The molecule has 0 radical (unpaired) electrons. The molecule has 4 aromatic rings. The van der Waals surface area contributed by atoms with E-state index >= 15 is 0 Å². The molecule has 0 spiro atoms. The number of aryl methyl sites for hydroxylation is 3. The number of thiazole rings is 1. The van der Waals surface area contributed by atoms with Crippen LogP contribution in [0.5, 0.6) is 0 Å². The second-order valence-electron chi connectivity index (χ2n) is 7.16. The number of hydrogen-bond donors (Lipinski definition) is 1. The van der Waals surface area contributed by atoms with E-state index in [0.29, 0.717) is 16.4 Å². The lowest BCUT2D eigenvalue weighted by atomic mass is 10.1. The molecule has 160 valence electrons. The molecule has 0 saturated heterocycles. The van der Waals surface area contributed by atoms with Crippen LogP contribution >= 0.6 is 22.9 Å². The van der Waals surface area contributed by atoms with Crippen molar-refractivity contribution in [2.75, 3.05) is 5.32 Å². The SMILES string of the molecule is CCc1nc(-c2ccc(Cl)cc2C)sc1NC(=O)OCc1ccc2c(cnn2CC)c1. The second-order valence-corrected chi connectivity index (χ2v) is 8.60. The molecule has 0 aliphatic carbocycles. The van der Waals surface area contributed by atoms with Crippen molar-refractivity contribution in [3.8, 4) is 10.6 Å². The van der Waals surface area contributed by atoms with Gasteiger partial charge in [-0.3, -0.25) is 10.00 Å². The summed E-state index contributed by atoms with van der Waals surface area (Å²) in [5.74, 6) is 0. The van der Waals surface area contributed by atoms with Crippen LogP contribution in [0.2, 0.25) is 5.02 Å². The van der Waals surface area contributed by atoms with Crippen molar-refractivity contribution in [3.05, 3.63) is 64.4 Å². The van der Waals surface area contributed by atoms with Crippen LogP contribution in [0.3, 0.4) is 0 Å². The number of benzene rings is 2. The van der Waals surface area contributed by atoms with E-state index < -0.39 is 6.09 Å². The van der Waals surface area contributed by atoms with Gasteiger partial charge in [0.2, 0.25) is 0 Å². The molecule has 2 heterocycles. The number of fused-ring (bicyclic) bond motifs is 1. The Bertz CT molecular complexity index is 1250. The summed E-state index contributed by atoms with van der Waals surface area (Å²) in [5.41, 5.74) is 4.86. The quantitative estimate of drug-likeness (QED) is 0.363. The molecule has 8 heteroatoms. The normalized spacial score (nSPS) is 11.1. The minimum absolute atomic E-state index is 0.183. The first-order chi connectivity index (χ1) is 15.0. The van der Waals surface area contributed by atoms with Gasteiger partial charge >= 0.3 is 6.09 Å². The summed E-state index contributed by atoms with van der Waals surface area (Å²) in [6.45, 7) is 7.06. The number of ether oxygens (including phenoxy) is 1. The van der Waals surface area contributed by atoms with Gasteiger partial charge in [0.15, 0.2) is 0 Å². The summed E-state index contributed by atoms with van der Waals surface area (Å²) in [4.78, 5) is 17.1. The summed E-state index contributed by atoms with van der Waals surface area (Å²) in [6, 6.07) is 11.7. The average molecular weight is 455 g/mol. The largest absolute Gasteiger partial charge is 0.444 e. The molecule has 2 aromatic heterocycles. The fourth-order valence-electron chi connectivity index (χ4n) is 3.43. The zero-order valence-electron chi connectivity index (χ0n) is 17.6. The summed E-state index contributed by atoms with van der Waals surface area (Å²) in [7, 11) is 0. The summed E-state index contributed by atoms with van der Waals surface area (Å²) in [6.07, 6.45) is 2.03. The van der Waals surface area contributed by atoms with Crippen molar-refractivity contribution < 1.29 is 9.53 Å². The number of nitrogens with one attached hydrogen (secondary N) is 1. The molecule has 0 unspecified atom stereocenters. The van der Waals surface area contributed by atoms with Gasteiger partial charge in [-0.1, -0.05) is 42.0 Å². The van der Waals surface area contributed by atoms with Crippen LogP contribution in [0.1, 0.15) is 30.7 Å². The van der Waals surface area contributed by atoms with Gasteiger partial charge in [0.25, 0.3) is 0 Å². The predicted molar refractivity (Wildman–Crippen MR) is 126 cm³/mol. The third-order valence-corrected chi connectivity index (χ3v) is 6.32. The molecule has 0 aliphatic heterocycles. The highest BCUT2D eigenvalue weighted by Gasteiger charge is 2.16. The minimum Gasteiger partial charge on any atom is -0.444 e. The first-order valence-corrected chi connectivity index (χ1v) is 11.3. The molecular formula is C23H23ClN4O2S. The smallest absolute Gasteiger partial charge is 0.412 e. The molecule has 1 N–H and O–H groups in total. The molecule has 0 fully saturated rings. The highest BCUT2D eigenvalue weighted by atomic mass is 35.5. The van der Waals surface area contributed by atoms with Crippen molar-refractivity contribution in [1.82, 2.24) is 14.8 Å². The van der Waals surface area contributed by atoms with Gasteiger partial charge in [0.05, 0.1) is 17.4 Å². The van der Waals surface area contributed by atoms with Crippen LogP contribution in [-0.4, -0.2) is 20.9 Å². The molecular weight excluding hydrogens is 432 g/mol. The number of carbonyl (C=O) groups is 1. The Hall–Kier alpha value is -2.90. The van der Waals surface area contributed by atoms with Crippen LogP contribution in [-0.2, 0) is 24.3 Å². The lowest BCUT2D eigenvalue weighted by molar-refractivity contribution is 0.155. The Morgan fingerprint density at radius 1 is 1.23 bits per heavy atom. The van der Waals surface area contributed by atoms with E-state index in [0.717, 1.165) is 44.8 Å². The van der Waals surface area contributed by atoms with E-state index in [2.05, 4.69) is 17.3 Å². The first kappa shape index (κ1) is 21.3. The van der Waals surface area contributed by atoms with Gasteiger partial charge < -0.3 is 4.74 Å². The van der Waals surface area contributed by atoms with Crippen molar-refractivity contribution in [2.24, 2.45) is 0 Å². The summed E-state index contributed by atoms with van der Waals surface area (Å²) < 4.78 is 7.39. The van der Waals surface area contributed by atoms with Gasteiger partial charge in [-0.15, -0.1) is 0 Å². The van der Waals surface area contributed by atoms with E-state index in [9.17, 15) is 4.79 Å². The lowest BCUT2D eigenvalue weighted by Gasteiger charge is -2.07. The Labute approximate surface area is 189 Å². The van der Waals surface area contributed by atoms with E-state index in [1.165, 1.54) is 11.3 Å². The number of amides is 1. The van der Waals surface area contributed by atoms with Gasteiger partial charge in [-0.25, -0.2) is 9.78 Å². The Morgan fingerprint density at radius 3 is 2.81 bits per heavy atom. The first-order valence-electron chi connectivity index (χ1n) is 10.1. The number of hydrogen-bond acceptors (Lipinski definition) is 5. The number of carbonyl (C=O) groups excluding carboxylic acids is 1. The molecule has 0 saturated carbocycles. The molecule has 0 atom stereocenters. The van der Waals surface area contributed by atoms with E-state index in [-0.39, 0.29) is 6.61 Å². The Morgan fingerprint density at radius 2 is 2.06 bits per heavy atom. The van der Waals surface area contributed by atoms with Crippen molar-refractivity contribution in [3.63, 3.8) is 0 Å². The van der Waals surface area contributed by atoms with E-state index in [4.69, 9.17) is 21.3 Å². The molecule has 4 rings (SSSR count). The third kappa shape index (κ3) is 4.57.